The zero-order valence-electron chi connectivity index (χ0n) is 14.9. The Hall–Kier alpha value is -1.36. The summed E-state index contributed by atoms with van der Waals surface area (Å²) in [4.78, 5) is 15.7. The van der Waals surface area contributed by atoms with Crippen LogP contribution in [0.5, 0.6) is 0 Å². The fourth-order valence-corrected chi connectivity index (χ4v) is 2.08. The highest BCUT2D eigenvalue weighted by Crippen LogP contribution is 2.02. The number of carbonyl (C=O) groups excluding carboxylic acids is 1. The van der Waals surface area contributed by atoms with Crippen LogP contribution in [-0.4, -0.2) is 62.0 Å². The third-order valence-corrected chi connectivity index (χ3v) is 3.21. The molecule has 0 spiro atoms. The standard InChI is InChI=1S/C15H28N6O2.HI/c1-12-10-13(2)21(20-12)8-5-6-18-15(16-3)19-11-14(22)17-7-9-23-4;/h10H,5-9,11H2,1-4H3,(H,17,22)(H2,16,18,19);1H. The Labute approximate surface area is 160 Å². The molecule has 0 aliphatic heterocycles. The van der Waals surface area contributed by atoms with E-state index < -0.39 is 0 Å². The Morgan fingerprint density at radius 2 is 2.04 bits per heavy atom. The molecule has 0 saturated heterocycles. The van der Waals surface area contributed by atoms with Crippen LogP contribution in [0.2, 0.25) is 0 Å². The molecule has 0 aliphatic carbocycles. The molecular weight excluding hydrogens is 423 g/mol. The first-order chi connectivity index (χ1) is 11.1. The maximum absolute atomic E-state index is 11.6. The van der Waals surface area contributed by atoms with Gasteiger partial charge < -0.3 is 20.7 Å². The van der Waals surface area contributed by atoms with Gasteiger partial charge in [-0.25, -0.2) is 0 Å². The highest BCUT2D eigenvalue weighted by molar-refractivity contribution is 14.0. The zero-order valence-corrected chi connectivity index (χ0v) is 17.2. The van der Waals surface area contributed by atoms with Crippen molar-refractivity contribution >= 4 is 35.8 Å². The molecule has 0 saturated carbocycles. The summed E-state index contributed by atoms with van der Waals surface area (Å²) < 4.78 is 6.87. The number of rotatable bonds is 9. The minimum atomic E-state index is -0.0901. The Morgan fingerprint density at radius 1 is 1.29 bits per heavy atom. The third-order valence-electron chi connectivity index (χ3n) is 3.21. The molecule has 3 N–H and O–H groups in total. The number of amides is 1. The van der Waals surface area contributed by atoms with E-state index >= 15 is 0 Å². The van der Waals surface area contributed by atoms with Crippen LogP contribution in [-0.2, 0) is 16.1 Å². The van der Waals surface area contributed by atoms with Gasteiger partial charge in [0.1, 0.15) is 0 Å². The van der Waals surface area contributed by atoms with Gasteiger partial charge in [0.15, 0.2) is 5.96 Å². The van der Waals surface area contributed by atoms with E-state index in [1.807, 2.05) is 11.6 Å². The molecule has 0 aromatic carbocycles. The molecule has 0 bridgehead atoms. The topological polar surface area (TPSA) is 92.6 Å². The minimum absolute atomic E-state index is 0. The molecular formula is C15H29IN6O2. The predicted octanol–water partition coefficient (Wildman–Crippen LogP) is 0.436. The van der Waals surface area contributed by atoms with Crippen LogP contribution >= 0.6 is 24.0 Å². The lowest BCUT2D eigenvalue weighted by molar-refractivity contribution is -0.120. The summed E-state index contributed by atoms with van der Waals surface area (Å²) in [5.41, 5.74) is 2.20. The molecule has 0 atom stereocenters. The Bertz CT molecular complexity index is 518. The highest BCUT2D eigenvalue weighted by atomic mass is 127. The second-order valence-electron chi connectivity index (χ2n) is 5.20. The average molecular weight is 452 g/mol. The van der Waals surface area contributed by atoms with Crippen molar-refractivity contribution in [2.45, 2.75) is 26.8 Å². The molecule has 24 heavy (non-hydrogen) atoms. The van der Waals surface area contributed by atoms with E-state index in [-0.39, 0.29) is 36.4 Å². The van der Waals surface area contributed by atoms with Crippen molar-refractivity contribution in [2.24, 2.45) is 4.99 Å². The van der Waals surface area contributed by atoms with E-state index in [4.69, 9.17) is 4.74 Å². The van der Waals surface area contributed by atoms with Gasteiger partial charge in [0, 0.05) is 39.5 Å². The molecule has 1 heterocycles. The molecule has 1 aromatic rings. The number of hydrogen-bond donors (Lipinski definition) is 3. The normalized spacial score (nSPS) is 10.9. The van der Waals surface area contributed by atoms with E-state index in [2.05, 4.69) is 39.0 Å². The maximum Gasteiger partial charge on any atom is 0.239 e. The van der Waals surface area contributed by atoms with Gasteiger partial charge in [-0.2, -0.15) is 5.10 Å². The van der Waals surface area contributed by atoms with E-state index in [0.29, 0.717) is 19.1 Å². The number of guanidine groups is 1. The van der Waals surface area contributed by atoms with Crippen LogP contribution < -0.4 is 16.0 Å². The van der Waals surface area contributed by atoms with Crippen LogP contribution in [0.25, 0.3) is 0 Å². The number of methoxy groups -OCH3 is 1. The number of ether oxygens (including phenoxy) is 1. The van der Waals surface area contributed by atoms with Crippen LogP contribution in [0.1, 0.15) is 17.8 Å². The second kappa shape index (κ2) is 13.0. The Balaban J connectivity index is 0.00000529. The number of hydrogen-bond acceptors (Lipinski definition) is 4. The van der Waals surface area contributed by atoms with Gasteiger partial charge in [0.2, 0.25) is 5.91 Å². The first kappa shape index (κ1) is 22.6. The molecule has 1 aromatic heterocycles. The first-order valence-corrected chi connectivity index (χ1v) is 7.78. The molecule has 1 rings (SSSR count). The predicted molar refractivity (Wildman–Crippen MR) is 106 cm³/mol. The fourth-order valence-electron chi connectivity index (χ4n) is 2.08. The third kappa shape index (κ3) is 9.06. The summed E-state index contributed by atoms with van der Waals surface area (Å²) in [6.45, 7) is 6.84. The van der Waals surface area contributed by atoms with Gasteiger partial charge in [0.25, 0.3) is 0 Å². The zero-order chi connectivity index (χ0) is 17.1. The molecule has 138 valence electrons. The summed E-state index contributed by atoms with van der Waals surface area (Å²) in [6, 6.07) is 2.07. The van der Waals surface area contributed by atoms with Gasteiger partial charge in [-0.1, -0.05) is 0 Å². The monoisotopic (exact) mass is 452 g/mol. The van der Waals surface area contributed by atoms with Gasteiger partial charge in [-0.05, 0) is 26.3 Å². The largest absolute Gasteiger partial charge is 0.383 e. The minimum Gasteiger partial charge on any atom is -0.383 e. The smallest absolute Gasteiger partial charge is 0.239 e. The summed E-state index contributed by atoms with van der Waals surface area (Å²) >= 11 is 0. The molecule has 0 unspecified atom stereocenters. The quantitative estimate of drug-likeness (QED) is 0.219. The van der Waals surface area contributed by atoms with E-state index in [9.17, 15) is 4.79 Å². The van der Waals surface area contributed by atoms with Crippen LogP contribution in [0, 0.1) is 13.8 Å². The lowest BCUT2D eigenvalue weighted by Crippen LogP contribution is -2.44. The van der Waals surface area contributed by atoms with Crippen molar-refractivity contribution < 1.29 is 9.53 Å². The fraction of sp³-hybridized carbons (Fsp3) is 0.667. The van der Waals surface area contributed by atoms with E-state index in [1.165, 1.54) is 0 Å². The van der Waals surface area contributed by atoms with Crippen molar-refractivity contribution in [1.29, 1.82) is 0 Å². The number of nitrogens with zero attached hydrogens (tertiary/aromatic N) is 3. The molecule has 8 nitrogen and oxygen atoms in total. The molecule has 0 fully saturated rings. The van der Waals surface area contributed by atoms with E-state index in [0.717, 1.165) is 30.9 Å². The van der Waals surface area contributed by atoms with Crippen LogP contribution in [0.4, 0.5) is 0 Å². The number of aromatic nitrogens is 2. The maximum atomic E-state index is 11.6. The van der Waals surface area contributed by atoms with Gasteiger partial charge >= 0.3 is 0 Å². The number of aryl methyl sites for hydroxylation is 3. The number of nitrogens with one attached hydrogen (secondary N) is 3. The van der Waals surface area contributed by atoms with Gasteiger partial charge in [-0.15, -0.1) is 24.0 Å². The molecule has 0 aliphatic rings. The number of carbonyl (C=O) groups is 1. The summed E-state index contributed by atoms with van der Waals surface area (Å²) in [5.74, 6) is 0.521. The van der Waals surface area contributed by atoms with Crippen molar-refractivity contribution in [3.8, 4) is 0 Å². The van der Waals surface area contributed by atoms with Crippen LogP contribution in [0.15, 0.2) is 11.1 Å². The second-order valence-corrected chi connectivity index (χ2v) is 5.20. The van der Waals surface area contributed by atoms with Crippen LogP contribution in [0.3, 0.4) is 0 Å². The lowest BCUT2D eigenvalue weighted by atomic mass is 10.4. The molecule has 1 amide bonds. The van der Waals surface area contributed by atoms with Crippen molar-refractivity contribution in [1.82, 2.24) is 25.7 Å². The SMILES string of the molecule is CN=C(NCCCn1nc(C)cc1C)NCC(=O)NCCOC.I. The van der Waals surface area contributed by atoms with Crippen molar-refractivity contribution in [3.63, 3.8) is 0 Å². The summed E-state index contributed by atoms with van der Waals surface area (Å²) in [7, 11) is 3.28. The number of aliphatic imine (C=N–C) groups is 1. The highest BCUT2D eigenvalue weighted by Gasteiger charge is 2.03. The Kier molecular flexibility index (Phi) is 12.3. The Morgan fingerprint density at radius 3 is 2.62 bits per heavy atom. The summed E-state index contributed by atoms with van der Waals surface area (Å²) in [6.07, 6.45) is 0.919. The van der Waals surface area contributed by atoms with E-state index in [1.54, 1.807) is 14.2 Å². The van der Waals surface area contributed by atoms with Crippen molar-refractivity contribution in [2.75, 3.05) is 40.4 Å². The molecule has 9 heteroatoms. The van der Waals surface area contributed by atoms with Crippen molar-refractivity contribution in [3.05, 3.63) is 17.5 Å². The first-order valence-electron chi connectivity index (χ1n) is 7.78. The molecule has 0 radical (unpaired) electrons. The van der Waals surface area contributed by atoms with Gasteiger partial charge in [0.05, 0.1) is 18.8 Å². The summed E-state index contributed by atoms with van der Waals surface area (Å²) in [5, 5.41) is 13.3. The number of halogens is 1. The lowest BCUT2D eigenvalue weighted by Gasteiger charge is -2.12. The average Bonchev–Trinajstić information content (AvgIpc) is 2.84. The van der Waals surface area contributed by atoms with Gasteiger partial charge in [-0.3, -0.25) is 14.5 Å².